The summed E-state index contributed by atoms with van der Waals surface area (Å²) >= 11 is 0. The summed E-state index contributed by atoms with van der Waals surface area (Å²) in [6.07, 6.45) is 7.54. The lowest BCUT2D eigenvalue weighted by Gasteiger charge is -2.22. The Hall–Kier alpha value is -1.05. The number of hydrogen-bond donors (Lipinski definition) is 0. The molecule has 2 nitrogen and oxygen atoms in total. The minimum atomic E-state index is -0.211. The molecule has 2 heteroatoms. The van der Waals surface area contributed by atoms with Crippen LogP contribution >= 0.6 is 0 Å². The van der Waals surface area contributed by atoms with Crippen LogP contribution in [-0.2, 0) is 9.53 Å². The van der Waals surface area contributed by atoms with Crippen LogP contribution in [0.15, 0.2) is 23.8 Å². The molecule has 0 heterocycles. The number of carbonyl (C=O) groups excluding carboxylic acids is 1. The molecule has 0 spiro atoms. The van der Waals surface area contributed by atoms with Crippen molar-refractivity contribution in [2.45, 2.75) is 52.1 Å². The third-order valence-corrected chi connectivity index (χ3v) is 2.79. The van der Waals surface area contributed by atoms with Crippen LogP contribution in [0.25, 0.3) is 0 Å². The molecule has 1 saturated carbocycles. The molecule has 1 fully saturated rings. The summed E-state index contributed by atoms with van der Waals surface area (Å²) in [6, 6.07) is 0. The molecule has 0 atom stereocenters. The van der Waals surface area contributed by atoms with E-state index in [-0.39, 0.29) is 12.1 Å². The quantitative estimate of drug-likeness (QED) is 0.404. The van der Waals surface area contributed by atoms with Crippen molar-refractivity contribution in [2.75, 3.05) is 0 Å². The summed E-state index contributed by atoms with van der Waals surface area (Å²) in [5.41, 5.74) is 1.39. The topological polar surface area (TPSA) is 26.3 Å². The highest BCUT2D eigenvalue weighted by Crippen LogP contribution is 2.22. The first-order valence-corrected chi connectivity index (χ1v) is 5.68. The van der Waals surface area contributed by atoms with Crippen LogP contribution in [0.3, 0.4) is 0 Å². The van der Waals surface area contributed by atoms with Gasteiger partial charge in [-0.2, -0.15) is 0 Å². The predicted molar refractivity (Wildman–Crippen MR) is 61.5 cm³/mol. The lowest BCUT2D eigenvalue weighted by molar-refractivity contribution is -0.145. The van der Waals surface area contributed by atoms with Crippen molar-refractivity contribution in [1.29, 1.82) is 0 Å². The highest BCUT2D eigenvalue weighted by atomic mass is 16.5. The first kappa shape index (κ1) is 12.0. The Morgan fingerprint density at radius 1 is 1.33 bits per heavy atom. The van der Waals surface area contributed by atoms with E-state index in [0.717, 1.165) is 18.4 Å². The molecule has 0 aliphatic heterocycles. The number of esters is 1. The van der Waals surface area contributed by atoms with Gasteiger partial charge in [-0.15, -0.1) is 0 Å². The number of allylic oxidation sites excluding steroid dienone is 1. The van der Waals surface area contributed by atoms with Crippen molar-refractivity contribution < 1.29 is 9.53 Å². The molecule has 0 aromatic carbocycles. The molecule has 0 saturated heterocycles. The van der Waals surface area contributed by atoms with E-state index in [2.05, 4.69) is 6.58 Å². The molecule has 0 amide bonds. The smallest absolute Gasteiger partial charge is 0.338 e. The standard InChI is InChI=1S/C13H20O2/c1-4-12(10(2)3)13(14)15-11-8-6-5-7-9-11/h4,11H,2,5-9H2,1,3H3/b12-4-. The van der Waals surface area contributed by atoms with Gasteiger partial charge in [-0.25, -0.2) is 4.79 Å². The molecule has 1 rings (SSSR count). The van der Waals surface area contributed by atoms with Crippen molar-refractivity contribution in [1.82, 2.24) is 0 Å². The summed E-state index contributed by atoms with van der Waals surface area (Å²) in [5.74, 6) is -0.211. The maximum Gasteiger partial charge on any atom is 0.338 e. The third kappa shape index (κ3) is 3.54. The molecule has 0 radical (unpaired) electrons. The van der Waals surface area contributed by atoms with E-state index in [0.29, 0.717) is 5.57 Å². The zero-order chi connectivity index (χ0) is 11.3. The Kier molecular flexibility index (Phi) is 4.60. The van der Waals surface area contributed by atoms with E-state index in [1.165, 1.54) is 19.3 Å². The maximum atomic E-state index is 11.7. The molecule has 0 N–H and O–H groups in total. The Bertz CT molecular complexity index is 270. The van der Waals surface area contributed by atoms with Gasteiger partial charge in [0.1, 0.15) is 6.10 Å². The number of hydrogen-bond acceptors (Lipinski definition) is 2. The summed E-state index contributed by atoms with van der Waals surface area (Å²) in [6.45, 7) is 7.44. The van der Waals surface area contributed by atoms with Crippen LogP contribution in [0, 0.1) is 0 Å². The zero-order valence-electron chi connectivity index (χ0n) is 9.71. The van der Waals surface area contributed by atoms with E-state index in [1.54, 1.807) is 6.08 Å². The number of carbonyl (C=O) groups is 1. The second-order valence-corrected chi connectivity index (χ2v) is 4.15. The minimum absolute atomic E-state index is 0.126. The van der Waals surface area contributed by atoms with Crippen molar-refractivity contribution in [3.63, 3.8) is 0 Å². The fourth-order valence-corrected chi connectivity index (χ4v) is 1.94. The molecule has 84 valence electrons. The third-order valence-electron chi connectivity index (χ3n) is 2.79. The average molecular weight is 208 g/mol. The normalized spacial score (nSPS) is 18.7. The zero-order valence-corrected chi connectivity index (χ0v) is 9.71. The Balaban J connectivity index is 2.50. The van der Waals surface area contributed by atoms with Gasteiger partial charge < -0.3 is 4.74 Å². The second kappa shape index (κ2) is 5.74. The van der Waals surface area contributed by atoms with E-state index in [9.17, 15) is 4.79 Å². The van der Waals surface area contributed by atoms with Gasteiger partial charge in [0.2, 0.25) is 0 Å². The fourth-order valence-electron chi connectivity index (χ4n) is 1.94. The molecule has 15 heavy (non-hydrogen) atoms. The summed E-state index contributed by atoms with van der Waals surface area (Å²) in [4.78, 5) is 11.7. The van der Waals surface area contributed by atoms with E-state index >= 15 is 0 Å². The van der Waals surface area contributed by atoms with Gasteiger partial charge in [0, 0.05) is 0 Å². The highest BCUT2D eigenvalue weighted by Gasteiger charge is 2.19. The average Bonchev–Trinajstić information content (AvgIpc) is 2.19. The minimum Gasteiger partial charge on any atom is -0.459 e. The highest BCUT2D eigenvalue weighted by molar-refractivity contribution is 5.93. The lowest BCUT2D eigenvalue weighted by Crippen LogP contribution is -2.22. The number of rotatable bonds is 3. The van der Waals surface area contributed by atoms with Gasteiger partial charge in [0.15, 0.2) is 0 Å². The van der Waals surface area contributed by atoms with Crippen LogP contribution in [0.2, 0.25) is 0 Å². The van der Waals surface area contributed by atoms with Crippen molar-refractivity contribution >= 4 is 5.97 Å². The van der Waals surface area contributed by atoms with Crippen molar-refractivity contribution in [3.8, 4) is 0 Å². The summed E-state index contributed by atoms with van der Waals surface area (Å²) < 4.78 is 5.44. The van der Waals surface area contributed by atoms with Gasteiger partial charge in [0.25, 0.3) is 0 Å². The lowest BCUT2D eigenvalue weighted by atomic mass is 9.97. The largest absolute Gasteiger partial charge is 0.459 e. The van der Waals surface area contributed by atoms with Crippen LogP contribution in [0.5, 0.6) is 0 Å². The Morgan fingerprint density at radius 2 is 1.93 bits per heavy atom. The first-order valence-electron chi connectivity index (χ1n) is 5.68. The number of ether oxygens (including phenoxy) is 1. The van der Waals surface area contributed by atoms with Crippen LogP contribution in [-0.4, -0.2) is 12.1 Å². The molecule has 0 bridgehead atoms. The van der Waals surface area contributed by atoms with Crippen LogP contribution in [0.1, 0.15) is 46.0 Å². The monoisotopic (exact) mass is 208 g/mol. The van der Waals surface area contributed by atoms with E-state index in [4.69, 9.17) is 4.74 Å². The Morgan fingerprint density at radius 3 is 2.40 bits per heavy atom. The SMILES string of the molecule is C=C(C)/C(=C/C)C(=O)OC1CCCCC1. The molecular formula is C13H20O2. The molecule has 1 aliphatic carbocycles. The van der Waals surface area contributed by atoms with Gasteiger partial charge in [-0.05, 0) is 45.1 Å². The summed E-state index contributed by atoms with van der Waals surface area (Å²) in [5, 5.41) is 0. The fraction of sp³-hybridized carbons (Fsp3) is 0.615. The predicted octanol–water partition coefficient (Wildman–Crippen LogP) is 3.38. The van der Waals surface area contributed by atoms with Crippen LogP contribution < -0.4 is 0 Å². The van der Waals surface area contributed by atoms with Gasteiger partial charge in [-0.1, -0.05) is 19.1 Å². The van der Waals surface area contributed by atoms with Gasteiger partial charge in [0.05, 0.1) is 5.57 Å². The molecule has 0 aromatic rings. The molecular weight excluding hydrogens is 188 g/mol. The van der Waals surface area contributed by atoms with Crippen LogP contribution in [0.4, 0.5) is 0 Å². The van der Waals surface area contributed by atoms with Gasteiger partial charge >= 0.3 is 5.97 Å². The first-order chi connectivity index (χ1) is 7.15. The molecule has 0 aromatic heterocycles. The van der Waals surface area contributed by atoms with E-state index < -0.39 is 0 Å². The van der Waals surface area contributed by atoms with Crippen molar-refractivity contribution in [2.24, 2.45) is 0 Å². The maximum absolute atomic E-state index is 11.7. The summed E-state index contributed by atoms with van der Waals surface area (Å²) in [7, 11) is 0. The van der Waals surface area contributed by atoms with Gasteiger partial charge in [-0.3, -0.25) is 0 Å². The Labute approximate surface area is 92.0 Å². The molecule has 0 unspecified atom stereocenters. The molecule has 1 aliphatic rings. The second-order valence-electron chi connectivity index (χ2n) is 4.15. The van der Waals surface area contributed by atoms with E-state index in [1.807, 2.05) is 13.8 Å². The van der Waals surface area contributed by atoms with Crippen molar-refractivity contribution in [3.05, 3.63) is 23.8 Å².